The highest BCUT2D eigenvalue weighted by atomic mass is 16.4. The molecule has 0 radical (unpaired) electrons. The molecule has 0 saturated heterocycles. The van der Waals surface area contributed by atoms with Gasteiger partial charge in [0.2, 0.25) is 0 Å². The molecule has 0 spiro atoms. The zero-order chi connectivity index (χ0) is 10.7. The summed E-state index contributed by atoms with van der Waals surface area (Å²) in [4.78, 5) is 7.74. The van der Waals surface area contributed by atoms with Gasteiger partial charge in [-0.15, -0.1) is 0 Å². The van der Waals surface area contributed by atoms with Crippen LogP contribution < -0.4 is 5.73 Å². The minimum absolute atomic E-state index is 0.00269. The van der Waals surface area contributed by atoms with E-state index in [1.807, 2.05) is 0 Å². The Kier molecular flexibility index (Phi) is 2.28. The second-order valence-electron chi connectivity index (χ2n) is 2.72. The highest BCUT2D eigenvalue weighted by Crippen LogP contribution is 2.10. The van der Waals surface area contributed by atoms with Gasteiger partial charge in [0.1, 0.15) is 12.7 Å². The predicted molar refractivity (Wildman–Crippen MR) is 51.7 cm³/mol. The Bertz CT molecular complexity index is 478. The first kappa shape index (κ1) is 9.13. The fourth-order valence-electron chi connectivity index (χ4n) is 1.17. The van der Waals surface area contributed by atoms with Gasteiger partial charge in [-0.05, 0) is 6.07 Å². The van der Waals surface area contributed by atoms with Gasteiger partial charge < -0.3 is 10.9 Å². The third-order valence-electron chi connectivity index (χ3n) is 1.85. The second kappa shape index (κ2) is 3.74. The van der Waals surface area contributed by atoms with Crippen molar-refractivity contribution in [2.75, 3.05) is 0 Å². The van der Waals surface area contributed by atoms with E-state index in [0.29, 0.717) is 11.3 Å². The van der Waals surface area contributed by atoms with Gasteiger partial charge >= 0.3 is 0 Å². The second-order valence-corrected chi connectivity index (χ2v) is 2.72. The molecule has 0 fully saturated rings. The van der Waals surface area contributed by atoms with Crippen LogP contribution in [-0.2, 0) is 0 Å². The minimum Gasteiger partial charge on any atom is -0.409 e. The van der Waals surface area contributed by atoms with Crippen LogP contribution >= 0.6 is 0 Å². The zero-order valence-corrected chi connectivity index (χ0v) is 7.65. The van der Waals surface area contributed by atoms with E-state index >= 15 is 0 Å². The summed E-state index contributed by atoms with van der Waals surface area (Å²) < 4.78 is 1.49. The average Bonchev–Trinajstić information content (AvgIpc) is 2.81. The van der Waals surface area contributed by atoms with Crippen LogP contribution in [0.1, 0.15) is 5.56 Å². The molecule has 0 atom stereocenters. The van der Waals surface area contributed by atoms with E-state index in [-0.39, 0.29) is 5.84 Å². The summed E-state index contributed by atoms with van der Waals surface area (Å²) >= 11 is 0. The number of pyridine rings is 1. The quantitative estimate of drug-likeness (QED) is 0.304. The largest absolute Gasteiger partial charge is 0.409 e. The molecule has 76 valence electrons. The van der Waals surface area contributed by atoms with Crippen molar-refractivity contribution in [3.8, 4) is 5.69 Å². The Morgan fingerprint density at radius 2 is 2.33 bits per heavy atom. The van der Waals surface area contributed by atoms with E-state index in [2.05, 4.69) is 20.2 Å². The van der Waals surface area contributed by atoms with Crippen LogP contribution in [0.25, 0.3) is 5.69 Å². The van der Waals surface area contributed by atoms with Crippen molar-refractivity contribution < 1.29 is 5.21 Å². The number of aromatic nitrogens is 4. The summed E-state index contributed by atoms with van der Waals surface area (Å²) in [6.07, 6.45) is 6.00. The van der Waals surface area contributed by atoms with Gasteiger partial charge in [-0.3, -0.25) is 4.98 Å². The van der Waals surface area contributed by atoms with Gasteiger partial charge in [-0.1, -0.05) is 5.16 Å². The van der Waals surface area contributed by atoms with Gasteiger partial charge in [0.25, 0.3) is 0 Å². The van der Waals surface area contributed by atoms with Crippen LogP contribution in [0.4, 0.5) is 0 Å². The van der Waals surface area contributed by atoms with Crippen molar-refractivity contribution >= 4 is 5.84 Å². The van der Waals surface area contributed by atoms with E-state index < -0.39 is 0 Å². The van der Waals surface area contributed by atoms with Gasteiger partial charge in [-0.25, -0.2) is 9.67 Å². The van der Waals surface area contributed by atoms with Crippen LogP contribution in [0.5, 0.6) is 0 Å². The Hall–Kier alpha value is -2.44. The zero-order valence-electron chi connectivity index (χ0n) is 7.65. The fourth-order valence-corrected chi connectivity index (χ4v) is 1.17. The van der Waals surface area contributed by atoms with Crippen molar-refractivity contribution in [2.24, 2.45) is 10.9 Å². The normalized spacial score (nSPS) is 11.6. The van der Waals surface area contributed by atoms with Crippen molar-refractivity contribution in [3.63, 3.8) is 0 Å². The molecule has 7 nitrogen and oxygen atoms in total. The lowest BCUT2D eigenvalue weighted by Crippen LogP contribution is -2.16. The lowest BCUT2D eigenvalue weighted by molar-refractivity contribution is 0.318. The molecule has 3 N–H and O–H groups in total. The molecule has 0 aliphatic carbocycles. The molecule has 0 bridgehead atoms. The summed E-state index contributed by atoms with van der Waals surface area (Å²) in [6.45, 7) is 0. The van der Waals surface area contributed by atoms with E-state index in [4.69, 9.17) is 10.9 Å². The number of nitrogens with zero attached hydrogens (tertiary/aromatic N) is 5. The van der Waals surface area contributed by atoms with Crippen LogP contribution in [0.15, 0.2) is 36.3 Å². The maximum Gasteiger partial charge on any atom is 0.172 e. The van der Waals surface area contributed by atoms with Crippen LogP contribution in [0.2, 0.25) is 0 Å². The molecule has 0 saturated carbocycles. The summed E-state index contributed by atoms with van der Waals surface area (Å²) in [5, 5.41) is 15.5. The highest BCUT2D eigenvalue weighted by Gasteiger charge is 2.08. The summed E-state index contributed by atoms with van der Waals surface area (Å²) in [5.74, 6) is 0.00269. The van der Waals surface area contributed by atoms with E-state index in [0.717, 1.165) is 0 Å². The Labute approximate surface area is 84.9 Å². The monoisotopic (exact) mass is 204 g/mol. The molecule has 15 heavy (non-hydrogen) atoms. The molecule has 0 aromatic carbocycles. The number of nitrogens with two attached hydrogens (primary N) is 1. The molecule has 0 aliphatic rings. The molecule has 2 rings (SSSR count). The lowest BCUT2D eigenvalue weighted by Gasteiger charge is -2.05. The Morgan fingerprint density at radius 1 is 1.47 bits per heavy atom. The van der Waals surface area contributed by atoms with E-state index in [1.54, 1.807) is 18.5 Å². The number of oxime groups is 1. The first-order valence-electron chi connectivity index (χ1n) is 4.10. The third kappa shape index (κ3) is 1.62. The maximum absolute atomic E-state index is 8.61. The molecule has 2 aromatic rings. The smallest absolute Gasteiger partial charge is 0.172 e. The number of hydrogen-bond donors (Lipinski definition) is 2. The van der Waals surface area contributed by atoms with Crippen molar-refractivity contribution in [1.82, 2.24) is 19.7 Å². The summed E-state index contributed by atoms with van der Waals surface area (Å²) in [6, 6.07) is 1.63. The van der Waals surface area contributed by atoms with Gasteiger partial charge in [0.15, 0.2) is 5.84 Å². The molecular weight excluding hydrogens is 196 g/mol. The summed E-state index contributed by atoms with van der Waals surface area (Å²) in [5.41, 5.74) is 6.65. The predicted octanol–water partition coefficient (Wildman–Crippen LogP) is -0.243. The molecular formula is C8H8N6O. The molecule has 2 heterocycles. The lowest BCUT2D eigenvalue weighted by atomic mass is 10.2. The molecule has 0 amide bonds. The highest BCUT2D eigenvalue weighted by molar-refractivity contribution is 6.00. The molecule has 0 aliphatic heterocycles. The van der Waals surface area contributed by atoms with Gasteiger partial charge in [0, 0.05) is 11.8 Å². The average molecular weight is 204 g/mol. The fraction of sp³-hybridized carbons (Fsp3) is 0. The SMILES string of the molecule is N/C(=N/O)c1ccncc1-n1cncn1. The topological polar surface area (TPSA) is 102 Å². The van der Waals surface area contributed by atoms with Crippen LogP contribution in [0.3, 0.4) is 0 Å². The maximum atomic E-state index is 8.61. The number of rotatable bonds is 2. The van der Waals surface area contributed by atoms with E-state index in [9.17, 15) is 0 Å². The van der Waals surface area contributed by atoms with Gasteiger partial charge in [-0.2, -0.15) is 5.10 Å². The molecule has 7 heteroatoms. The minimum atomic E-state index is 0.00269. The first-order chi connectivity index (χ1) is 7.33. The Balaban J connectivity index is 2.57. The van der Waals surface area contributed by atoms with Crippen molar-refractivity contribution in [2.45, 2.75) is 0 Å². The number of hydrogen-bond acceptors (Lipinski definition) is 5. The van der Waals surface area contributed by atoms with Crippen LogP contribution in [0, 0.1) is 0 Å². The Morgan fingerprint density at radius 3 is 3.00 bits per heavy atom. The van der Waals surface area contributed by atoms with Crippen molar-refractivity contribution in [3.05, 3.63) is 36.7 Å². The van der Waals surface area contributed by atoms with E-state index in [1.165, 1.54) is 17.3 Å². The first-order valence-corrected chi connectivity index (χ1v) is 4.10. The third-order valence-corrected chi connectivity index (χ3v) is 1.85. The number of amidine groups is 1. The van der Waals surface area contributed by atoms with Gasteiger partial charge in [0.05, 0.1) is 11.9 Å². The standard InChI is InChI=1S/C8H8N6O/c9-8(13-15)6-1-2-10-3-7(6)14-5-11-4-12-14/h1-5,15H,(H2,9,13). The molecule has 2 aromatic heterocycles. The van der Waals surface area contributed by atoms with Crippen molar-refractivity contribution in [1.29, 1.82) is 0 Å². The summed E-state index contributed by atoms with van der Waals surface area (Å²) in [7, 11) is 0. The van der Waals surface area contributed by atoms with Crippen LogP contribution in [-0.4, -0.2) is 30.8 Å². The molecule has 0 unspecified atom stereocenters.